The molecule has 0 bridgehead atoms. The fourth-order valence-electron chi connectivity index (χ4n) is 0.500. The normalized spacial score (nSPS) is 9.10. The molecule has 0 heterocycles. The van der Waals surface area contributed by atoms with Crippen molar-refractivity contribution in [2.24, 2.45) is 0 Å². The number of hydrogen-bond donors (Lipinski definition) is 1. The number of aliphatic hydroxyl groups is 1. The van der Waals surface area contributed by atoms with Crippen LogP contribution >= 0.6 is 0 Å². The summed E-state index contributed by atoms with van der Waals surface area (Å²) < 4.78 is 1.49. The van der Waals surface area contributed by atoms with Gasteiger partial charge in [0.1, 0.15) is 0 Å². The molecule has 0 aromatic heterocycles. The van der Waals surface area contributed by atoms with Crippen molar-refractivity contribution < 1.29 is 5.11 Å². The third kappa shape index (κ3) is 36.2. The Kier molecular flexibility index (Phi) is 17.1. The van der Waals surface area contributed by atoms with Gasteiger partial charge in [-0.15, -0.1) is 0 Å². The molecule has 0 amide bonds. The molecular formula is C8H19NaO. The molecule has 0 aliphatic heterocycles. The zero-order valence-electron chi connectivity index (χ0n) is 7.85. The maximum atomic E-state index is 8.06. The van der Waals surface area contributed by atoms with Crippen molar-refractivity contribution in [3.63, 3.8) is 0 Å². The van der Waals surface area contributed by atoms with Crippen LogP contribution in [0.3, 0.4) is 0 Å². The summed E-state index contributed by atoms with van der Waals surface area (Å²) in [6.07, 6.45) is 4.13. The fraction of sp³-hybridized carbons (Fsp3) is 1.00. The molecule has 0 atom stereocenters. The predicted octanol–water partition coefficient (Wildman–Crippen LogP) is 2.15. The standard InChI is InChI=1S/C5H11.C3H8O.Na/c1-3-5-4-2;1-3(2)4;/h1,3-5H2,2H3;3-4H,1-2H3;. The Morgan fingerprint density at radius 3 is 1.80 bits per heavy atom. The van der Waals surface area contributed by atoms with Gasteiger partial charge in [0.15, 0.2) is 0 Å². The van der Waals surface area contributed by atoms with Gasteiger partial charge in [-0.2, -0.15) is 0 Å². The minimum absolute atomic E-state index is 0.167. The fourth-order valence-corrected chi connectivity index (χ4v) is 1.000. The molecule has 0 aliphatic carbocycles. The van der Waals surface area contributed by atoms with E-state index in [0.29, 0.717) is 0 Å². The first-order chi connectivity index (χ1) is 4.65. The molecule has 0 spiro atoms. The summed E-state index contributed by atoms with van der Waals surface area (Å²) in [5, 5.41) is 8.06. The average Bonchev–Trinajstić information content (AvgIpc) is 1.82. The molecule has 0 saturated heterocycles. The molecule has 0 fully saturated rings. The van der Waals surface area contributed by atoms with Crippen LogP contribution in [0.4, 0.5) is 0 Å². The Hall–Kier alpha value is 0.960. The van der Waals surface area contributed by atoms with Crippen molar-refractivity contribution in [2.75, 3.05) is 0 Å². The molecule has 0 saturated carbocycles. The van der Waals surface area contributed by atoms with Crippen LogP contribution in [-0.2, 0) is 0 Å². The molecule has 0 rings (SSSR count). The van der Waals surface area contributed by atoms with Crippen molar-refractivity contribution >= 4 is 27.9 Å². The van der Waals surface area contributed by atoms with Crippen molar-refractivity contribution in [3.8, 4) is 0 Å². The van der Waals surface area contributed by atoms with E-state index in [1.54, 1.807) is 13.8 Å². The van der Waals surface area contributed by atoms with Crippen LogP contribution in [0.1, 0.15) is 40.0 Å². The molecule has 1 nitrogen and oxygen atoms in total. The SMILES string of the molecule is CC(C)O.CCCC[CH2][Na]. The van der Waals surface area contributed by atoms with E-state index in [9.17, 15) is 0 Å². The first-order valence-electron chi connectivity index (χ1n) is 4.33. The molecule has 0 radical (unpaired) electrons. The van der Waals surface area contributed by atoms with Gasteiger partial charge < -0.3 is 5.11 Å². The molecule has 1 N–H and O–H groups in total. The van der Waals surface area contributed by atoms with Crippen molar-refractivity contribution in [1.29, 1.82) is 0 Å². The van der Waals surface area contributed by atoms with E-state index in [1.807, 2.05) is 0 Å². The monoisotopic (exact) mass is 154 g/mol. The van der Waals surface area contributed by atoms with Crippen LogP contribution in [0.25, 0.3) is 0 Å². The first-order valence-corrected chi connectivity index (χ1v) is 5.74. The Balaban J connectivity index is 0. The number of hydrogen-bond acceptors (Lipinski definition) is 1. The van der Waals surface area contributed by atoms with Crippen LogP contribution in [0.15, 0.2) is 0 Å². The van der Waals surface area contributed by atoms with Crippen molar-refractivity contribution in [3.05, 3.63) is 0 Å². The molecule has 0 aromatic carbocycles. The molecule has 0 aliphatic rings. The van der Waals surface area contributed by atoms with Gasteiger partial charge in [0.05, 0.1) is 0 Å². The maximum absolute atomic E-state index is 8.06. The number of rotatable bonds is 3. The molecular weight excluding hydrogens is 135 g/mol. The average molecular weight is 154 g/mol. The van der Waals surface area contributed by atoms with Gasteiger partial charge >= 0.3 is 57.8 Å². The predicted molar refractivity (Wildman–Crippen MR) is 47.4 cm³/mol. The van der Waals surface area contributed by atoms with Crippen LogP contribution < -0.4 is 0 Å². The van der Waals surface area contributed by atoms with Gasteiger partial charge in [-0.3, -0.25) is 0 Å². The van der Waals surface area contributed by atoms with Gasteiger partial charge in [0.2, 0.25) is 0 Å². The molecule has 58 valence electrons. The molecule has 0 aromatic rings. The minimum atomic E-state index is -0.167. The van der Waals surface area contributed by atoms with Gasteiger partial charge in [-0.05, 0) is 13.8 Å². The summed E-state index contributed by atoms with van der Waals surface area (Å²) in [5.74, 6) is 0. The third-order valence-electron chi connectivity index (χ3n) is 0.957. The second-order valence-electron chi connectivity index (χ2n) is 2.80. The van der Waals surface area contributed by atoms with Gasteiger partial charge in [-0.25, -0.2) is 0 Å². The van der Waals surface area contributed by atoms with Gasteiger partial charge in [0.25, 0.3) is 0 Å². The summed E-state index contributed by atoms with van der Waals surface area (Å²) in [7, 11) is 0. The van der Waals surface area contributed by atoms with E-state index < -0.39 is 0 Å². The van der Waals surface area contributed by atoms with Crippen molar-refractivity contribution in [2.45, 2.75) is 49.8 Å². The Morgan fingerprint density at radius 2 is 1.70 bits per heavy atom. The Labute approximate surface area is 82.6 Å². The van der Waals surface area contributed by atoms with Crippen LogP contribution in [-0.4, -0.2) is 39.1 Å². The summed E-state index contributed by atoms with van der Waals surface area (Å²) in [6.45, 7) is 5.69. The summed E-state index contributed by atoms with van der Waals surface area (Å²) >= 11 is 1.40. The number of aliphatic hydroxyl groups excluding tert-OH is 1. The van der Waals surface area contributed by atoms with Crippen LogP contribution in [0.2, 0.25) is 3.67 Å². The van der Waals surface area contributed by atoms with E-state index >= 15 is 0 Å². The second-order valence-corrected chi connectivity index (χ2v) is 3.80. The van der Waals surface area contributed by atoms with Gasteiger partial charge in [-0.1, -0.05) is 0 Å². The zero-order chi connectivity index (χ0) is 8.41. The molecule has 2 heteroatoms. The van der Waals surface area contributed by atoms with Crippen molar-refractivity contribution in [1.82, 2.24) is 0 Å². The molecule has 10 heavy (non-hydrogen) atoms. The Bertz CT molecular complexity index is 39.8. The topological polar surface area (TPSA) is 20.2 Å². The quantitative estimate of drug-likeness (QED) is 0.488. The zero-order valence-corrected chi connectivity index (χ0v) is 9.85. The Morgan fingerprint density at radius 1 is 1.30 bits per heavy atom. The molecule has 0 unspecified atom stereocenters. The van der Waals surface area contributed by atoms with E-state index in [1.165, 1.54) is 50.9 Å². The summed E-state index contributed by atoms with van der Waals surface area (Å²) in [4.78, 5) is 0. The second kappa shape index (κ2) is 12.6. The summed E-state index contributed by atoms with van der Waals surface area (Å²) in [6, 6.07) is 0. The summed E-state index contributed by atoms with van der Waals surface area (Å²) in [5.41, 5.74) is 0. The van der Waals surface area contributed by atoms with E-state index in [2.05, 4.69) is 6.92 Å². The first kappa shape index (κ1) is 13.5. The van der Waals surface area contributed by atoms with Gasteiger partial charge in [0, 0.05) is 6.10 Å². The van der Waals surface area contributed by atoms with Crippen LogP contribution in [0, 0.1) is 0 Å². The third-order valence-corrected chi connectivity index (χ3v) is 1.66. The van der Waals surface area contributed by atoms with E-state index in [0.717, 1.165) is 0 Å². The van der Waals surface area contributed by atoms with E-state index in [-0.39, 0.29) is 6.10 Å². The van der Waals surface area contributed by atoms with E-state index in [4.69, 9.17) is 5.11 Å². The van der Waals surface area contributed by atoms with Crippen LogP contribution in [0.5, 0.6) is 0 Å². The number of unbranched alkanes of at least 4 members (excludes halogenated alkanes) is 2.